The van der Waals surface area contributed by atoms with Crippen molar-refractivity contribution in [1.82, 2.24) is 14.7 Å². The highest BCUT2D eigenvalue weighted by Gasteiger charge is 2.10. The standard InChI is InChI=1S/C15H16N4O3S2/c1-10(11-2-4-13(5-3-11)24(16,21)22)17-9-12-8-14(20)19-6-7-23-15(19)18-12/h2-8,10,17H,9H2,1H3,(H2,16,21,22). The highest BCUT2D eigenvalue weighted by Crippen LogP contribution is 2.16. The molecule has 126 valence electrons. The van der Waals surface area contributed by atoms with Gasteiger partial charge >= 0.3 is 0 Å². The van der Waals surface area contributed by atoms with Gasteiger partial charge in [0.25, 0.3) is 5.56 Å². The van der Waals surface area contributed by atoms with E-state index in [-0.39, 0.29) is 16.5 Å². The van der Waals surface area contributed by atoms with Crippen LogP contribution >= 0.6 is 11.3 Å². The van der Waals surface area contributed by atoms with E-state index in [2.05, 4.69) is 10.3 Å². The zero-order valence-corrected chi connectivity index (χ0v) is 14.5. The van der Waals surface area contributed by atoms with Crippen molar-refractivity contribution < 1.29 is 8.42 Å². The van der Waals surface area contributed by atoms with Crippen LogP contribution in [-0.4, -0.2) is 17.8 Å². The SMILES string of the molecule is CC(NCc1cc(=O)n2ccsc2n1)c1ccc(S(N)(=O)=O)cc1. The van der Waals surface area contributed by atoms with Gasteiger partial charge in [0.1, 0.15) is 0 Å². The number of primary sulfonamides is 1. The summed E-state index contributed by atoms with van der Waals surface area (Å²) in [5, 5.41) is 10.2. The fourth-order valence-electron chi connectivity index (χ4n) is 2.30. The van der Waals surface area contributed by atoms with Crippen molar-refractivity contribution >= 4 is 26.3 Å². The topological polar surface area (TPSA) is 107 Å². The molecule has 2 heterocycles. The number of hydrogen-bond donors (Lipinski definition) is 2. The third kappa shape index (κ3) is 3.54. The minimum absolute atomic E-state index is 0.0388. The molecule has 24 heavy (non-hydrogen) atoms. The summed E-state index contributed by atoms with van der Waals surface area (Å²) in [6.45, 7) is 2.38. The predicted octanol–water partition coefficient (Wildman–Crippen LogP) is 1.25. The molecule has 3 N–H and O–H groups in total. The molecular formula is C15H16N4O3S2. The molecule has 0 aliphatic carbocycles. The van der Waals surface area contributed by atoms with Crippen LogP contribution in [0.4, 0.5) is 0 Å². The Morgan fingerprint density at radius 2 is 2.04 bits per heavy atom. The number of nitrogens with one attached hydrogen (secondary N) is 1. The zero-order valence-electron chi connectivity index (χ0n) is 12.8. The van der Waals surface area contributed by atoms with Crippen LogP contribution in [0.2, 0.25) is 0 Å². The number of rotatable bonds is 5. The summed E-state index contributed by atoms with van der Waals surface area (Å²) in [5.41, 5.74) is 1.47. The molecule has 1 unspecified atom stereocenters. The first-order valence-electron chi connectivity index (χ1n) is 7.16. The molecule has 0 fully saturated rings. The summed E-state index contributed by atoms with van der Waals surface area (Å²) in [5.74, 6) is 0. The van der Waals surface area contributed by atoms with Crippen LogP contribution in [-0.2, 0) is 16.6 Å². The fraction of sp³-hybridized carbons (Fsp3) is 0.200. The van der Waals surface area contributed by atoms with Gasteiger partial charge in [-0.15, -0.1) is 11.3 Å². The van der Waals surface area contributed by atoms with E-state index in [4.69, 9.17) is 5.14 Å². The molecule has 0 saturated heterocycles. The van der Waals surface area contributed by atoms with Gasteiger partial charge in [-0.3, -0.25) is 9.20 Å². The molecule has 0 saturated carbocycles. The fourth-order valence-corrected chi connectivity index (χ4v) is 3.55. The van der Waals surface area contributed by atoms with Crippen LogP contribution in [0.3, 0.4) is 0 Å². The molecule has 0 radical (unpaired) electrons. The molecule has 0 amide bonds. The minimum atomic E-state index is -3.69. The van der Waals surface area contributed by atoms with Gasteiger partial charge in [0, 0.05) is 30.2 Å². The Kier molecular flexibility index (Phi) is 4.50. The van der Waals surface area contributed by atoms with Crippen LogP contribution in [0, 0.1) is 0 Å². The maximum Gasteiger partial charge on any atom is 0.258 e. The molecule has 3 aromatic rings. The van der Waals surface area contributed by atoms with E-state index < -0.39 is 10.0 Å². The highest BCUT2D eigenvalue weighted by atomic mass is 32.2. The predicted molar refractivity (Wildman–Crippen MR) is 92.4 cm³/mol. The molecule has 1 aromatic carbocycles. The average molecular weight is 364 g/mol. The average Bonchev–Trinajstić information content (AvgIpc) is 3.01. The Morgan fingerprint density at radius 1 is 1.33 bits per heavy atom. The summed E-state index contributed by atoms with van der Waals surface area (Å²) >= 11 is 1.41. The molecule has 0 spiro atoms. The monoisotopic (exact) mass is 364 g/mol. The van der Waals surface area contributed by atoms with Crippen molar-refractivity contribution in [2.75, 3.05) is 0 Å². The second-order valence-electron chi connectivity index (χ2n) is 5.36. The summed E-state index contributed by atoms with van der Waals surface area (Å²) in [7, 11) is -3.69. The van der Waals surface area contributed by atoms with Crippen molar-refractivity contribution in [3.8, 4) is 0 Å². The summed E-state index contributed by atoms with van der Waals surface area (Å²) < 4.78 is 24.0. The van der Waals surface area contributed by atoms with Crippen LogP contribution in [0.25, 0.3) is 4.96 Å². The lowest BCUT2D eigenvalue weighted by atomic mass is 10.1. The lowest BCUT2D eigenvalue weighted by Crippen LogP contribution is -2.21. The van der Waals surface area contributed by atoms with Gasteiger partial charge in [0.15, 0.2) is 4.96 Å². The smallest absolute Gasteiger partial charge is 0.258 e. The van der Waals surface area contributed by atoms with Gasteiger partial charge in [-0.2, -0.15) is 0 Å². The molecule has 0 aliphatic heterocycles. The molecule has 0 aliphatic rings. The Bertz CT molecular complexity index is 1020. The number of hydrogen-bond acceptors (Lipinski definition) is 6. The van der Waals surface area contributed by atoms with E-state index in [1.807, 2.05) is 12.3 Å². The summed E-state index contributed by atoms with van der Waals surface area (Å²) in [6, 6.07) is 7.84. The van der Waals surface area contributed by atoms with Crippen molar-refractivity contribution in [3.05, 3.63) is 63.5 Å². The van der Waals surface area contributed by atoms with Crippen LogP contribution in [0.15, 0.2) is 51.6 Å². The number of thiazole rings is 1. The number of benzene rings is 1. The van der Waals surface area contributed by atoms with Crippen LogP contribution in [0.1, 0.15) is 24.2 Å². The van der Waals surface area contributed by atoms with Gasteiger partial charge in [-0.05, 0) is 24.6 Å². The number of nitrogens with zero attached hydrogens (tertiary/aromatic N) is 2. The van der Waals surface area contributed by atoms with E-state index in [1.54, 1.807) is 18.3 Å². The molecule has 2 aromatic heterocycles. The van der Waals surface area contributed by atoms with Gasteiger partial charge in [-0.25, -0.2) is 18.5 Å². The maximum atomic E-state index is 11.9. The van der Waals surface area contributed by atoms with E-state index in [0.29, 0.717) is 17.2 Å². The summed E-state index contributed by atoms with van der Waals surface area (Å²) in [6.07, 6.45) is 1.70. The lowest BCUT2D eigenvalue weighted by molar-refractivity contribution is 0.567. The first-order chi connectivity index (χ1) is 11.3. The Balaban J connectivity index is 1.72. The molecule has 9 heteroatoms. The number of fused-ring (bicyclic) bond motifs is 1. The Labute approximate surface area is 142 Å². The second kappa shape index (κ2) is 6.44. The van der Waals surface area contributed by atoms with E-state index in [9.17, 15) is 13.2 Å². The third-order valence-corrected chi connectivity index (χ3v) is 5.34. The van der Waals surface area contributed by atoms with E-state index >= 15 is 0 Å². The number of sulfonamides is 1. The van der Waals surface area contributed by atoms with Crippen LogP contribution in [0.5, 0.6) is 0 Å². The summed E-state index contributed by atoms with van der Waals surface area (Å²) in [4.78, 5) is 17.1. The normalized spacial score (nSPS) is 13.2. The Hall–Kier alpha value is -2.07. The zero-order chi connectivity index (χ0) is 17.3. The maximum absolute atomic E-state index is 11.9. The first-order valence-corrected chi connectivity index (χ1v) is 9.59. The largest absolute Gasteiger partial charge is 0.305 e. The van der Waals surface area contributed by atoms with Crippen molar-refractivity contribution in [2.45, 2.75) is 24.4 Å². The van der Waals surface area contributed by atoms with Gasteiger partial charge < -0.3 is 5.32 Å². The first kappa shape index (κ1) is 16.8. The molecule has 1 atom stereocenters. The molecule has 7 nitrogen and oxygen atoms in total. The second-order valence-corrected chi connectivity index (χ2v) is 7.79. The minimum Gasteiger partial charge on any atom is -0.305 e. The number of nitrogens with two attached hydrogens (primary N) is 1. The third-order valence-electron chi connectivity index (χ3n) is 3.65. The highest BCUT2D eigenvalue weighted by molar-refractivity contribution is 7.89. The van der Waals surface area contributed by atoms with Crippen molar-refractivity contribution in [1.29, 1.82) is 0 Å². The lowest BCUT2D eigenvalue weighted by Gasteiger charge is -2.14. The van der Waals surface area contributed by atoms with Gasteiger partial charge in [0.2, 0.25) is 10.0 Å². The Morgan fingerprint density at radius 3 is 2.71 bits per heavy atom. The van der Waals surface area contributed by atoms with Gasteiger partial charge in [0.05, 0.1) is 10.6 Å². The number of aromatic nitrogens is 2. The molecular weight excluding hydrogens is 348 g/mol. The van der Waals surface area contributed by atoms with Gasteiger partial charge in [-0.1, -0.05) is 12.1 Å². The quantitative estimate of drug-likeness (QED) is 0.709. The molecule has 3 rings (SSSR count). The van der Waals surface area contributed by atoms with E-state index in [0.717, 1.165) is 5.56 Å². The molecule has 0 bridgehead atoms. The van der Waals surface area contributed by atoms with Crippen molar-refractivity contribution in [3.63, 3.8) is 0 Å². The van der Waals surface area contributed by atoms with Crippen molar-refractivity contribution in [2.24, 2.45) is 5.14 Å². The van der Waals surface area contributed by atoms with E-state index in [1.165, 1.54) is 33.9 Å². The van der Waals surface area contributed by atoms with Crippen LogP contribution < -0.4 is 16.0 Å².